The molecule has 0 aromatic rings. The number of hydrogen-bond donors (Lipinski definition) is 2. The maximum Gasteiger partial charge on any atom is 0.239 e. The lowest BCUT2D eigenvalue weighted by Gasteiger charge is -2.04. The van der Waals surface area contributed by atoms with Crippen molar-refractivity contribution in [3.05, 3.63) is 12.3 Å². The molecular formula is C8H16N2O. The molecule has 0 bridgehead atoms. The third-order valence-corrected chi connectivity index (χ3v) is 1.12. The first kappa shape index (κ1) is 10.0. The predicted octanol–water partition coefficient (Wildman–Crippen LogP) is 0.636. The van der Waals surface area contributed by atoms with Crippen molar-refractivity contribution in [3.8, 4) is 0 Å². The van der Waals surface area contributed by atoms with Crippen LogP contribution in [0.15, 0.2) is 12.3 Å². The van der Waals surface area contributed by atoms with E-state index < -0.39 is 0 Å². The summed E-state index contributed by atoms with van der Waals surface area (Å²) in [5, 5.41) is 5.59. The molecule has 0 aliphatic carbocycles. The Morgan fingerprint density at radius 2 is 2.09 bits per heavy atom. The minimum absolute atomic E-state index is 0.0230. The summed E-state index contributed by atoms with van der Waals surface area (Å²) in [5.41, 5.74) is 0.816. The Bertz CT molecular complexity index is 143. The predicted molar refractivity (Wildman–Crippen MR) is 46.1 cm³/mol. The van der Waals surface area contributed by atoms with E-state index in [2.05, 4.69) is 17.2 Å². The van der Waals surface area contributed by atoms with Gasteiger partial charge in [0.1, 0.15) is 0 Å². The fourth-order valence-electron chi connectivity index (χ4n) is 0.558. The Labute approximate surface area is 67.9 Å². The summed E-state index contributed by atoms with van der Waals surface area (Å²) in [5.74, 6) is 0.0230. The smallest absolute Gasteiger partial charge is 0.239 e. The van der Waals surface area contributed by atoms with Gasteiger partial charge in [-0.1, -0.05) is 13.5 Å². The molecule has 0 aromatic carbocycles. The van der Waals surface area contributed by atoms with Gasteiger partial charge in [0, 0.05) is 12.2 Å². The first-order valence-electron chi connectivity index (χ1n) is 3.83. The summed E-state index contributed by atoms with van der Waals surface area (Å²) in [6.45, 7) is 8.54. The van der Waals surface area contributed by atoms with Crippen molar-refractivity contribution in [1.82, 2.24) is 10.6 Å². The number of nitrogens with one attached hydrogen (secondary N) is 2. The third-order valence-electron chi connectivity index (χ3n) is 1.12. The lowest BCUT2D eigenvalue weighted by molar-refractivity contribution is -0.120. The van der Waals surface area contributed by atoms with Crippen molar-refractivity contribution in [2.75, 3.05) is 13.1 Å². The van der Waals surface area contributed by atoms with Crippen LogP contribution in [0.1, 0.15) is 20.3 Å². The van der Waals surface area contributed by atoms with Gasteiger partial charge in [0.05, 0.1) is 6.54 Å². The number of amides is 1. The van der Waals surface area contributed by atoms with E-state index in [1.807, 2.05) is 13.8 Å². The molecule has 0 atom stereocenters. The molecule has 64 valence electrons. The molecule has 11 heavy (non-hydrogen) atoms. The van der Waals surface area contributed by atoms with E-state index in [0.717, 1.165) is 18.7 Å². The highest BCUT2D eigenvalue weighted by Gasteiger charge is 1.96. The summed E-state index contributed by atoms with van der Waals surface area (Å²) >= 11 is 0. The van der Waals surface area contributed by atoms with Gasteiger partial charge in [0.2, 0.25) is 5.91 Å². The molecule has 3 heteroatoms. The van der Waals surface area contributed by atoms with Gasteiger partial charge in [-0.05, 0) is 13.3 Å². The Morgan fingerprint density at radius 1 is 1.45 bits per heavy atom. The van der Waals surface area contributed by atoms with Crippen LogP contribution >= 0.6 is 0 Å². The Morgan fingerprint density at radius 3 is 2.55 bits per heavy atom. The molecule has 0 radical (unpaired) electrons. The van der Waals surface area contributed by atoms with Crippen LogP contribution in [0.5, 0.6) is 0 Å². The zero-order valence-corrected chi connectivity index (χ0v) is 7.24. The molecule has 3 nitrogen and oxygen atoms in total. The SMILES string of the molecule is C=C(C)NCC(=O)NCCC. The molecule has 2 N–H and O–H groups in total. The molecule has 0 spiro atoms. The van der Waals surface area contributed by atoms with Crippen LogP contribution < -0.4 is 10.6 Å². The number of carbonyl (C=O) groups is 1. The summed E-state index contributed by atoms with van der Waals surface area (Å²) in [6, 6.07) is 0. The topological polar surface area (TPSA) is 41.1 Å². The van der Waals surface area contributed by atoms with Crippen molar-refractivity contribution in [1.29, 1.82) is 0 Å². The molecule has 1 amide bonds. The van der Waals surface area contributed by atoms with Crippen molar-refractivity contribution in [3.63, 3.8) is 0 Å². The molecule has 0 aliphatic rings. The zero-order chi connectivity index (χ0) is 8.69. The summed E-state index contributed by atoms with van der Waals surface area (Å²) in [7, 11) is 0. The molecule has 0 saturated carbocycles. The quantitative estimate of drug-likeness (QED) is 0.613. The maximum atomic E-state index is 10.9. The molecule has 0 aromatic heterocycles. The van der Waals surface area contributed by atoms with E-state index in [1.165, 1.54) is 0 Å². The Balaban J connectivity index is 3.30. The maximum absolute atomic E-state index is 10.9. The minimum Gasteiger partial charge on any atom is -0.380 e. The number of hydrogen-bond acceptors (Lipinski definition) is 2. The lowest BCUT2D eigenvalue weighted by Crippen LogP contribution is -2.33. The number of allylic oxidation sites excluding steroid dienone is 1. The normalized spacial score (nSPS) is 8.91. The second kappa shape index (κ2) is 5.77. The third kappa shape index (κ3) is 6.90. The highest BCUT2D eigenvalue weighted by molar-refractivity contribution is 5.78. The van der Waals surface area contributed by atoms with E-state index in [4.69, 9.17) is 0 Å². The van der Waals surface area contributed by atoms with Crippen LogP contribution in [0.25, 0.3) is 0 Å². The molecular weight excluding hydrogens is 140 g/mol. The largest absolute Gasteiger partial charge is 0.380 e. The first-order chi connectivity index (χ1) is 5.16. The monoisotopic (exact) mass is 156 g/mol. The van der Waals surface area contributed by atoms with E-state index in [0.29, 0.717) is 6.54 Å². The van der Waals surface area contributed by atoms with Gasteiger partial charge in [-0.2, -0.15) is 0 Å². The standard InChI is InChI=1S/C8H16N2O/c1-4-5-9-8(11)6-10-7(2)3/h10H,2,4-6H2,1,3H3,(H,9,11). The number of rotatable bonds is 5. The van der Waals surface area contributed by atoms with Crippen molar-refractivity contribution in [2.24, 2.45) is 0 Å². The van der Waals surface area contributed by atoms with Crippen LogP contribution in [0.4, 0.5) is 0 Å². The van der Waals surface area contributed by atoms with Crippen LogP contribution in [0.3, 0.4) is 0 Å². The van der Waals surface area contributed by atoms with Crippen LogP contribution in [0.2, 0.25) is 0 Å². The number of carbonyl (C=O) groups excluding carboxylic acids is 1. The van der Waals surface area contributed by atoms with Gasteiger partial charge in [0.15, 0.2) is 0 Å². The van der Waals surface area contributed by atoms with Crippen molar-refractivity contribution in [2.45, 2.75) is 20.3 Å². The van der Waals surface area contributed by atoms with Gasteiger partial charge in [-0.15, -0.1) is 0 Å². The second-order valence-corrected chi connectivity index (χ2v) is 2.48. The fraction of sp³-hybridized carbons (Fsp3) is 0.625. The highest BCUT2D eigenvalue weighted by atomic mass is 16.1. The van der Waals surface area contributed by atoms with Crippen LogP contribution in [-0.4, -0.2) is 19.0 Å². The van der Waals surface area contributed by atoms with Crippen LogP contribution in [-0.2, 0) is 4.79 Å². The Kier molecular flexibility index (Phi) is 5.25. The van der Waals surface area contributed by atoms with E-state index >= 15 is 0 Å². The van der Waals surface area contributed by atoms with Gasteiger partial charge in [-0.3, -0.25) is 4.79 Å². The van der Waals surface area contributed by atoms with Gasteiger partial charge >= 0.3 is 0 Å². The summed E-state index contributed by atoms with van der Waals surface area (Å²) in [4.78, 5) is 10.9. The van der Waals surface area contributed by atoms with E-state index in [9.17, 15) is 4.79 Å². The molecule has 0 heterocycles. The highest BCUT2D eigenvalue weighted by Crippen LogP contribution is 1.76. The molecule has 0 rings (SSSR count). The van der Waals surface area contributed by atoms with E-state index in [-0.39, 0.29) is 5.91 Å². The van der Waals surface area contributed by atoms with Crippen molar-refractivity contribution >= 4 is 5.91 Å². The van der Waals surface area contributed by atoms with E-state index in [1.54, 1.807) is 0 Å². The molecule has 0 aliphatic heterocycles. The van der Waals surface area contributed by atoms with Crippen molar-refractivity contribution < 1.29 is 4.79 Å². The lowest BCUT2D eigenvalue weighted by atomic mass is 10.4. The molecule has 0 fully saturated rings. The average Bonchev–Trinajstić information content (AvgIpc) is 1.97. The summed E-state index contributed by atoms with van der Waals surface area (Å²) in [6.07, 6.45) is 0.971. The van der Waals surface area contributed by atoms with Gasteiger partial charge < -0.3 is 10.6 Å². The Hall–Kier alpha value is -0.990. The minimum atomic E-state index is 0.0230. The fourth-order valence-corrected chi connectivity index (χ4v) is 0.558. The first-order valence-corrected chi connectivity index (χ1v) is 3.83. The molecule has 0 unspecified atom stereocenters. The second-order valence-electron chi connectivity index (χ2n) is 2.48. The van der Waals surface area contributed by atoms with Gasteiger partial charge in [-0.25, -0.2) is 0 Å². The average molecular weight is 156 g/mol. The van der Waals surface area contributed by atoms with Crippen LogP contribution in [0, 0.1) is 0 Å². The summed E-state index contributed by atoms with van der Waals surface area (Å²) < 4.78 is 0. The zero-order valence-electron chi connectivity index (χ0n) is 7.24. The van der Waals surface area contributed by atoms with Gasteiger partial charge in [0.25, 0.3) is 0 Å². The molecule has 0 saturated heterocycles.